The Morgan fingerprint density at radius 2 is 1.76 bits per heavy atom. The Bertz CT molecular complexity index is 572. The number of rotatable bonds is 16. The Balaban J connectivity index is 2.66. The van der Waals surface area contributed by atoms with E-state index in [1.165, 1.54) is 6.92 Å². The van der Waals surface area contributed by atoms with Gasteiger partial charge in [-0.1, -0.05) is 60.3 Å². The molecule has 1 aliphatic rings. The van der Waals surface area contributed by atoms with E-state index in [0.29, 0.717) is 29.8 Å². The molecule has 0 bridgehead atoms. The van der Waals surface area contributed by atoms with Crippen LogP contribution in [-0.4, -0.2) is 37.0 Å². The van der Waals surface area contributed by atoms with E-state index < -0.39 is 0 Å². The first kappa shape index (κ1) is 30.3. The summed E-state index contributed by atoms with van der Waals surface area (Å²) >= 11 is 0. The van der Waals surface area contributed by atoms with Crippen molar-refractivity contribution in [3.05, 3.63) is 0 Å². The molecule has 1 fully saturated rings. The molecule has 0 aromatic rings. The normalized spacial score (nSPS) is 25.3. The number of ether oxygens (including phenoxy) is 2. The van der Waals surface area contributed by atoms with Crippen molar-refractivity contribution in [2.45, 2.75) is 131 Å². The Hall–Kier alpha value is -0.740. The number of hydrogen-bond acceptors (Lipinski definition) is 4. The molecule has 1 saturated carbocycles. The first-order chi connectivity index (χ1) is 15.6. The monoisotopic (exact) mass is 466 g/mol. The molecule has 0 aromatic carbocycles. The van der Waals surface area contributed by atoms with Gasteiger partial charge < -0.3 is 9.47 Å². The van der Waals surface area contributed by atoms with E-state index in [4.69, 9.17) is 9.47 Å². The van der Waals surface area contributed by atoms with Crippen LogP contribution >= 0.6 is 0 Å². The number of carbonyl (C=O) groups is 2. The average Bonchev–Trinajstić information content (AvgIpc) is 2.94. The lowest BCUT2D eigenvalue weighted by molar-refractivity contribution is -0.130. The number of hydrogen-bond donors (Lipinski definition) is 0. The summed E-state index contributed by atoms with van der Waals surface area (Å²) in [5.74, 6) is 2.17. The number of Topliss-reactive ketones (excluding diaryl/α,β-unsaturated/α-hetero) is 2. The van der Waals surface area contributed by atoms with Gasteiger partial charge in [0.05, 0.1) is 18.1 Å². The Morgan fingerprint density at radius 3 is 2.30 bits per heavy atom. The van der Waals surface area contributed by atoms with Gasteiger partial charge in [-0.2, -0.15) is 0 Å². The fraction of sp³-hybridized carbons (Fsp3) is 0.931. The van der Waals surface area contributed by atoms with Crippen LogP contribution < -0.4 is 0 Å². The smallest absolute Gasteiger partial charge is 0.143 e. The van der Waals surface area contributed by atoms with Gasteiger partial charge in [0.25, 0.3) is 0 Å². The molecule has 0 heterocycles. The summed E-state index contributed by atoms with van der Waals surface area (Å²) in [6.07, 6.45) is 11.2. The van der Waals surface area contributed by atoms with Crippen molar-refractivity contribution in [3.63, 3.8) is 0 Å². The van der Waals surface area contributed by atoms with Crippen LogP contribution in [0.5, 0.6) is 0 Å². The van der Waals surface area contributed by atoms with Crippen molar-refractivity contribution < 1.29 is 19.1 Å². The second kappa shape index (κ2) is 15.3. The van der Waals surface area contributed by atoms with Gasteiger partial charge in [-0.25, -0.2) is 0 Å². The molecule has 0 radical (unpaired) electrons. The van der Waals surface area contributed by atoms with E-state index in [2.05, 4.69) is 41.5 Å². The largest absolute Gasteiger partial charge is 0.381 e. The quantitative estimate of drug-likeness (QED) is 0.175. The summed E-state index contributed by atoms with van der Waals surface area (Å²) in [5, 5.41) is 0. The van der Waals surface area contributed by atoms with Gasteiger partial charge in [0.15, 0.2) is 0 Å². The van der Waals surface area contributed by atoms with Crippen molar-refractivity contribution in [3.8, 4) is 0 Å². The zero-order valence-corrected chi connectivity index (χ0v) is 23.1. The summed E-state index contributed by atoms with van der Waals surface area (Å²) in [6, 6.07) is 0. The van der Waals surface area contributed by atoms with Crippen LogP contribution in [0.2, 0.25) is 0 Å². The van der Waals surface area contributed by atoms with Gasteiger partial charge in [0.2, 0.25) is 0 Å². The maximum absolute atomic E-state index is 12.8. The molecule has 0 spiro atoms. The minimum Gasteiger partial charge on any atom is -0.381 e. The van der Waals surface area contributed by atoms with Crippen molar-refractivity contribution in [2.24, 2.45) is 29.6 Å². The Morgan fingerprint density at radius 1 is 1.06 bits per heavy atom. The van der Waals surface area contributed by atoms with E-state index in [-0.39, 0.29) is 29.5 Å². The molecule has 4 heteroatoms. The lowest BCUT2D eigenvalue weighted by atomic mass is 9.78. The molecular weight excluding hydrogens is 412 g/mol. The Kier molecular flexibility index (Phi) is 14.0. The highest BCUT2D eigenvalue weighted by Gasteiger charge is 2.34. The molecule has 1 rings (SSSR count). The average molecular weight is 467 g/mol. The molecule has 0 amide bonds. The second-order valence-electron chi connectivity index (χ2n) is 11.4. The van der Waals surface area contributed by atoms with Crippen molar-refractivity contribution >= 4 is 11.6 Å². The van der Waals surface area contributed by atoms with Crippen LogP contribution in [0.25, 0.3) is 0 Å². The molecule has 0 aliphatic heterocycles. The Labute approximate surface area is 205 Å². The maximum Gasteiger partial charge on any atom is 0.143 e. The van der Waals surface area contributed by atoms with Crippen LogP contribution in [0.15, 0.2) is 0 Å². The SMILES string of the molecule is CCCC(OC)C(CCOC1(C)CCCC(CC(C(=O)CC(C)=O)C(C)CC)CC1)C(C)C. The molecule has 6 atom stereocenters. The summed E-state index contributed by atoms with van der Waals surface area (Å²) in [5.41, 5.74) is -0.0706. The fourth-order valence-corrected chi connectivity index (χ4v) is 5.81. The number of carbonyl (C=O) groups excluding carboxylic acids is 2. The summed E-state index contributed by atoms with van der Waals surface area (Å²) in [4.78, 5) is 24.3. The first-order valence-electron chi connectivity index (χ1n) is 13.8. The van der Waals surface area contributed by atoms with Gasteiger partial charge in [-0.05, 0) is 76.0 Å². The lowest BCUT2D eigenvalue weighted by Crippen LogP contribution is -2.32. The highest BCUT2D eigenvalue weighted by atomic mass is 16.5. The summed E-state index contributed by atoms with van der Waals surface area (Å²) in [7, 11) is 1.84. The van der Waals surface area contributed by atoms with E-state index >= 15 is 0 Å². The maximum atomic E-state index is 12.8. The van der Waals surface area contributed by atoms with E-state index in [1.807, 2.05) is 7.11 Å². The van der Waals surface area contributed by atoms with Crippen LogP contribution in [0.3, 0.4) is 0 Å². The highest BCUT2D eigenvalue weighted by Crippen LogP contribution is 2.38. The van der Waals surface area contributed by atoms with Gasteiger partial charge in [0.1, 0.15) is 11.6 Å². The van der Waals surface area contributed by atoms with Crippen molar-refractivity contribution in [1.82, 2.24) is 0 Å². The predicted octanol–water partition coefficient (Wildman–Crippen LogP) is 7.42. The fourth-order valence-electron chi connectivity index (χ4n) is 5.81. The van der Waals surface area contributed by atoms with E-state index in [1.54, 1.807) is 0 Å². The van der Waals surface area contributed by atoms with Crippen molar-refractivity contribution in [2.75, 3.05) is 13.7 Å². The number of methoxy groups -OCH3 is 1. The van der Waals surface area contributed by atoms with Gasteiger partial charge in [-0.15, -0.1) is 0 Å². The summed E-state index contributed by atoms with van der Waals surface area (Å²) < 4.78 is 12.4. The molecular formula is C29H54O4. The van der Waals surface area contributed by atoms with Crippen molar-refractivity contribution in [1.29, 1.82) is 0 Å². The van der Waals surface area contributed by atoms with Crippen LogP contribution in [0.4, 0.5) is 0 Å². The zero-order chi connectivity index (χ0) is 25.0. The predicted molar refractivity (Wildman–Crippen MR) is 137 cm³/mol. The van der Waals surface area contributed by atoms with Gasteiger partial charge in [0, 0.05) is 19.6 Å². The van der Waals surface area contributed by atoms with Crippen LogP contribution in [0.1, 0.15) is 119 Å². The molecule has 1 aliphatic carbocycles. The minimum absolute atomic E-state index is 0.00973. The van der Waals surface area contributed by atoms with E-state index in [9.17, 15) is 9.59 Å². The van der Waals surface area contributed by atoms with Crippen LogP contribution in [0, 0.1) is 29.6 Å². The molecule has 0 N–H and O–H groups in total. The topological polar surface area (TPSA) is 52.6 Å². The molecule has 33 heavy (non-hydrogen) atoms. The first-order valence-corrected chi connectivity index (χ1v) is 13.8. The summed E-state index contributed by atoms with van der Waals surface area (Å²) in [6.45, 7) is 15.7. The van der Waals surface area contributed by atoms with Crippen LogP contribution in [-0.2, 0) is 19.1 Å². The number of ketones is 2. The molecule has 4 nitrogen and oxygen atoms in total. The third kappa shape index (κ3) is 10.6. The molecule has 0 aromatic heterocycles. The third-order valence-corrected chi connectivity index (χ3v) is 8.27. The zero-order valence-electron chi connectivity index (χ0n) is 23.1. The van der Waals surface area contributed by atoms with Gasteiger partial charge in [-0.3, -0.25) is 9.59 Å². The lowest BCUT2D eigenvalue weighted by Gasteiger charge is -2.33. The highest BCUT2D eigenvalue weighted by molar-refractivity contribution is 5.99. The minimum atomic E-state index is -0.0706. The standard InChI is InChI=1S/C29H54O4/c1-9-12-28(32-8)25(21(3)4)15-18-33-29(7)16-11-13-24(14-17-29)20-26(22(5)10-2)27(31)19-23(6)30/h21-22,24-26,28H,9-20H2,1-8H3. The van der Waals surface area contributed by atoms with Gasteiger partial charge >= 0.3 is 0 Å². The molecule has 6 unspecified atom stereocenters. The van der Waals surface area contributed by atoms with E-state index in [0.717, 1.165) is 70.8 Å². The molecule has 0 saturated heterocycles. The molecule has 194 valence electrons. The third-order valence-electron chi connectivity index (χ3n) is 8.27. The second-order valence-corrected chi connectivity index (χ2v) is 11.4.